The molecule has 0 spiro atoms. The number of benzene rings is 2. The fraction of sp³-hybridized carbons (Fsp3) is 0.211. The number of carbonyl (C=O) groups excluding carboxylic acids is 2. The van der Waals surface area contributed by atoms with Gasteiger partial charge >= 0.3 is 6.03 Å². The van der Waals surface area contributed by atoms with Crippen molar-refractivity contribution in [2.75, 3.05) is 4.90 Å². The Kier molecular flexibility index (Phi) is 4.11. The zero-order valence-electron chi connectivity index (χ0n) is 14.7. The molecule has 4 rings (SSSR count). The summed E-state index contributed by atoms with van der Waals surface area (Å²) in [4.78, 5) is 32.6. The number of rotatable bonds is 3. The number of imide groups is 1. The van der Waals surface area contributed by atoms with Crippen LogP contribution in [0.25, 0.3) is 11.0 Å². The van der Waals surface area contributed by atoms with Crippen LogP contribution in [0.15, 0.2) is 42.5 Å². The molecule has 1 atom stereocenters. The van der Waals surface area contributed by atoms with Crippen LogP contribution in [0.2, 0.25) is 5.02 Å². The molecule has 1 fully saturated rings. The van der Waals surface area contributed by atoms with Gasteiger partial charge in [0.05, 0.1) is 17.6 Å². The summed E-state index contributed by atoms with van der Waals surface area (Å²) >= 11 is 6.01. The molecule has 0 radical (unpaired) electrons. The molecule has 2 aromatic carbocycles. The van der Waals surface area contributed by atoms with E-state index in [0.717, 1.165) is 10.4 Å². The van der Waals surface area contributed by atoms with Crippen LogP contribution in [0.4, 0.5) is 14.9 Å². The third-order valence-electron chi connectivity index (χ3n) is 4.79. The summed E-state index contributed by atoms with van der Waals surface area (Å²) in [6, 6.07) is 9.71. The second kappa shape index (κ2) is 6.35. The SMILES string of the molecule is C[C@@H]1C(=O)N(Cc2nc3cc(Cl)ccc3n2C)C(=O)N1c1ccc(F)cc1. The Morgan fingerprint density at radius 2 is 1.85 bits per heavy atom. The van der Waals surface area contributed by atoms with Crippen molar-refractivity contribution in [3.8, 4) is 0 Å². The highest BCUT2D eigenvalue weighted by Gasteiger charge is 2.43. The van der Waals surface area contributed by atoms with Gasteiger partial charge in [0.1, 0.15) is 17.7 Å². The number of carbonyl (C=O) groups is 2. The standard InChI is InChI=1S/C19H16ClFN4O2/c1-11-18(26)24(19(27)25(11)14-6-4-13(21)5-7-14)10-17-22-15-9-12(20)3-8-16(15)23(17)2/h3-9,11H,10H2,1-2H3/t11-/m1/s1. The minimum Gasteiger partial charge on any atom is -0.330 e. The van der Waals surface area contributed by atoms with Crippen LogP contribution < -0.4 is 4.90 Å². The Bertz CT molecular complexity index is 1060. The quantitative estimate of drug-likeness (QED) is 0.644. The van der Waals surface area contributed by atoms with Gasteiger partial charge in [0.25, 0.3) is 5.91 Å². The average Bonchev–Trinajstić information content (AvgIpc) is 3.05. The number of urea groups is 1. The van der Waals surface area contributed by atoms with E-state index in [1.54, 1.807) is 19.1 Å². The molecule has 0 unspecified atom stereocenters. The topological polar surface area (TPSA) is 58.4 Å². The van der Waals surface area contributed by atoms with Crippen LogP contribution >= 0.6 is 11.6 Å². The van der Waals surface area contributed by atoms with Gasteiger partial charge in [-0.3, -0.25) is 14.6 Å². The summed E-state index contributed by atoms with van der Waals surface area (Å²) in [6.45, 7) is 1.70. The van der Waals surface area contributed by atoms with Crippen molar-refractivity contribution in [1.29, 1.82) is 0 Å². The minimum atomic E-state index is -0.674. The van der Waals surface area contributed by atoms with Crippen molar-refractivity contribution in [2.24, 2.45) is 7.05 Å². The van der Waals surface area contributed by atoms with Crippen molar-refractivity contribution in [2.45, 2.75) is 19.5 Å². The number of hydrogen-bond acceptors (Lipinski definition) is 3. The summed E-state index contributed by atoms with van der Waals surface area (Å²) in [6.07, 6.45) is 0. The van der Waals surface area contributed by atoms with Crippen LogP contribution in [0.5, 0.6) is 0 Å². The highest BCUT2D eigenvalue weighted by molar-refractivity contribution is 6.31. The van der Waals surface area contributed by atoms with E-state index in [0.29, 0.717) is 22.1 Å². The molecular weight excluding hydrogens is 371 g/mol. The summed E-state index contributed by atoms with van der Waals surface area (Å²) in [7, 11) is 1.82. The van der Waals surface area contributed by atoms with E-state index in [4.69, 9.17) is 11.6 Å². The first-order valence-electron chi connectivity index (χ1n) is 8.38. The van der Waals surface area contributed by atoms with Gasteiger partial charge in [-0.1, -0.05) is 11.6 Å². The van der Waals surface area contributed by atoms with Crippen molar-refractivity contribution < 1.29 is 14.0 Å². The molecule has 1 aromatic heterocycles. The molecule has 1 aliphatic heterocycles. The van der Waals surface area contributed by atoms with Crippen LogP contribution in [0, 0.1) is 5.82 Å². The Labute approximate surface area is 159 Å². The molecule has 3 aromatic rings. The largest absolute Gasteiger partial charge is 0.332 e. The van der Waals surface area contributed by atoms with E-state index >= 15 is 0 Å². The second-order valence-electron chi connectivity index (χ2n) is 6.45. The van der Waals surface area contributed by atoms with Gasteiger partial charge in [-0.25, -0.2) is 14.2 Å². The average molecular weight is 387 g/mol. The Morgan fingerprint density at radius 3 is 2.56 bits per heavy atom. The lowest BCUT2D eigenvalue weighted by Gasteiger charge is -2.19. The van der Waals surface area contributed by atoms with Gasteiger partial charge in [0.15, 0.2) is 0 Å². The fourth-order valence-corrected chi connectivity index (χ4v) is 3.48. The molecule has 0 N–H and O–H groups in total. The highest BCUT2D eigenvalue weighted by atomic mass is 35.5. The van der Waals surface area contributed by atoms with Crippen molar-refractivity contribution in [3.63, 3.8) is 0 Å². The van der Waals surface area contributed by atoms with Gasteiger partial charge < -0.3 is 4.57 Å². The molecule has 138 valence electrons. The third-order valence-corrected chi connectivity index (χ3v) is 5.02. The number of halogens is 2. The van der Waals surface area contributed by atoms with Crippen LogP contribution in [-0.4, -0.2) is 32.4 Å². The first-order valence-corrected chi connectivity index (χ1v) is 8.75. The molecule has 6 nitrogen and oxygen atoms in total. The zero-order chi connectivity index (χ0) is 19.3. The number of hydrogen-bond donors (Lipinski definition) is 0. The van der Waals surface area contributed by atoms with E-state index < -0.39 is 17.9 Å². The lowest BCUT2D eigenvalue weighted by Crippen LogP contribution is -2.34. The Hall–Kier alpha value is -2.93. The summed E-state index contributed by atoms with van der Waals surface area (Å²) in [5, 5.41) is 0.566. The molecule has 2 heterocycles. The van der Waals surface area contributed by atoms with Crippen LogP contribution in [0.1, 0.15) is 12.7 Å². The number of anilines is 1. The predicted octanol–water partition coefficient (Wildman–Crippen LogP) is 3.72. The molecule has 27 heavy (non-hydrogen) atoms. The number of aryl methyl sites for hydroxylation is 1. The lowest BCUT2D eigenvalue weighted by atomic mass is 10.2. The molecule has 1 saturated heterocycles. The van der Waals surface area contributed by atoms with Gasteiger partial charge in [0.2, 0.25) is 0 Å². The Balaban J connectivity index is 1.66. The predicted molar refractivity (Wildman–Crippen MR) is 100 cm³/mol. The van der Waals surface area contributed by atoms with E-state index in [1.807, 2.05) is 17.7 Å². The number of aromatic nitrogens is 2. The summed E-state index contributed by atoms with van der Waals surface area (Å²) < 4.78 is 15.0. The van der Waals surface area contributed by atoms with Crippen LogP contribution in [0.3, 0.4) is 0 Å². The monoisotopic (exact) mass is 386 g/mol. The number of nitrogens with zero attached hydrogens (tertiary/aromatic N) is 4. The Morgan fingerprint density at radius 1 is 1.15 bits per heavy atom. The molecule has 3 amide bonds. The maximum atomic E-state index is 13.2. The van der Waals surface area contributed by atoms with E-state index in [2.05, 4.69) is 4.98 Å². The van der Waals surface area contributed by atoms with Crippen molar-refractivity contribution >= 4 is 40.3 Å². The second-order valence-corrected chi connectivity index (χ2v) is 6.89. The van der Waals surface area contributed by atoms with Gasteiger partial charge in [0, 0.05) is 17.8 Å². The van der Waals surface area contributed by atoms with Gasteiger partial charge in [-0.2, -0.15) is 0 Å². The maximum Gasteiger partial charge on any atom is 0.332 e. The zero-order valence-corrected chi connectivity index (χ0v) is 15.4. The number of imidazole rings is 1. The molecule has 1 aliphatic rings. The smallest absolute Gasteiger partial charge is 0.330 e. The van der Waals surface area contributed by atoms with E-state index in [-0.39, 0.29) is 12.5 Å². The van der Waals surface area contributed by atoms with Crippen molar-refractivity contribution in [3.05, 3.63) is 59.1 Å². The lowest BCUT2D eigenvalue weighted by molar-refractivity contribution is -0.127. The van der Waals surface area contributed by atoms with E-state index in [1.165, 1.54) is 29.2 Å². The summed E-state index contributed by atoms with van der Waals surface area (Å²) in [5.41, 5.74) is 2.03. The molecule has 8 heteroatoms. The fourth-order valence-electron chi connectivity index (χ4n) is 3.31. The number of fused-ring (bicyclic) bond motifs is 1. The first kappa shape index (κ1) is 17.5. The third kappa shape index (κ3) is 2.84. The van der Waals surface area contributed by atoms with Crippen molar-refractivity contribution in [1.82, 2.24) is 14.5 Å². The first-order chi connectivity index (χ1) is 12.9. The van der Waals surface area contributed by atoms with Gasteiger partial charge in [-0.05, 0) is 49.4 Å². The number of amides is 3. The molecular formula is C19H16ClFN4O2. The summed E-state index contributed by atoms with van der Waals surface area (Å²) in [5.74, 6) is -0.156. The molecule has 0 bridgehead atoms. The minimum absolute atomic E-state index is 0.0441. The van der Waals surface area contributed by atoms with Gasteiger partial charge in [-0.15, -0.1) is 0 Å². The van der Waals surface area contributed by atoms with E-state index in [9.17, 15) is 14.0 Å². The molecule has 0 aliphatic carbocycles. The molecule has 0 saturated carbocycles. The maximum absolute atomic E-state index is 13.2. The van der Waals surface area contributed by atoms with Crippen LogP contribution in [-0.2, 0) is 18.4 Å². The normalized spacial score (nSPS) is 17.4. The highest BCUT2D eigenvalue weighted by Crippen LogP contribution is 2.28.